The van der Waals surface area contributed by atoms with Crippen LogP contribution in [0.3, 0.4) is 0 Å². The molecule has 0 bridgehead atoms. The summed E-state index contributed by atoms with van der Waals surface area (Å²) in [5, 5.41) is 2.11. The maximum atomic E-state index is 13.9. The zero-order valence-corrected chi connectivity index (χ0v) is 21.6. The lowest BCUT2D eigenvalue weighted by atomic mass is 9.90. The molecule has 1 saturated carbocycles. The summed E-state index contributed by atoms with van der Waals surface area (Å²) < 4.78 is 5.01. The molecule has 6 nitrogen and oxygen atoms in total. The van der Waals surface area contributed by atoms with E-state index < -0.39 is 0 Å². The number of ether oxygens (including phenoxy) is 1. The van der Waals surface area contributed by atoms with Gasteiger partial charge in [-0.3, -0.25) is 14.4 Å². The van der Waals surface area contributed by atoms with Crippen LogP contribution in [0.4, 0.5) is 0 Å². The molecule has 1 fully saturated rings. The number of carbonyl (C=O) groups is 3. The summed E-state index contributed by atoms with van der Waals surface area (Å²) in [4.78, 5) is 44.1. The average Bonchev–Trinajstić information content (AvgIpc) is 3.35. The van der Waals surface area contributed by atoms with Crippen molar-refractivity contribution in [1.29, 1.82) is 0 Å². The van der Waals surface area contributed by atoms with Crippen molar-refractivity contribution in [1.82, 2.24) is 9.80 Å². The largest absolute Gasteiger partial charge is 0.466 e. The van der Waals surface area contributed by atoms with Crippen molar-refractivity contribution in [3.8, 4) is 0 Å². The van der Waals surface area contributed by atoms with Crippen molar-refractivity contribution in [2.75, 3.05) is 19.7 Å². The highest BCUT2D eigenvalue weighted by molar-refractivity contribution is 7.10. The Hall–Kier alpha value is -2.67. The van der Waals surface area contributed by atoms with E-state index in [1.54, 1.807) is 23.2 Å². The van der Waals surface area contributed by atoms with Crippen molar-refractivity contribution in [3.63, 3.8) is 0 Å². The minimum Gasteiger partial charge on any atom is -0.466 e. The minimum absolute atomic E-state index is 0.0230. The van der Waals surface area contributed by atoms with Crippen molar-refractivity contribution < 1.29 is 19.1 Å². The summed E-state index contributed by atoms with van der Waals surface area (Å²) in [6.07, 6.45) is 6.08. The van der Waals surface area contributed by atoms with Crippen LogP contribution in [-0.4, -0.2) is 53.3 Å². The summed E-state index contributed by atoms with van der Waals surface area (Å²) in [5.41, 5.74) is 3.49. The fourth-order valence-electron chi connectivity index (χ4n) is 5.45. The van der Waals surface area contributed by atoms with Crippen LogP contribution in [0.25, 0.3) is 0 Å². The first-order valence-corrected chi connectivity index (χ1v) is 13.7. The van der Waals surface area contributed by atoms with Crippen LogP contribution in [0.1, 0.15) is 79.5 Å². The van der Waals surface area contributed by atoms with Gasteiger partial charge in [0.25, 0.3) is 0 Å². The lowest BCUT2D eigenvalue weighted by molar-refractivity contribution is -0.148. The number of aryl methyl sites for hydroxylation is 1. The molecule has 1 unspecified atom stereocenters. The van der Waals surface area contributed by atoms with E-state index >= 15 is 0 Å². The van der Waals surface area contributed by atoms with E-state index in [-0.39, 0.29) is 49.3 Å². The lowest BCUT2D eigenvalue weighted by Gasteiger charge is -2.40. The number of esters is 1. The van der Waals surface area contributed by atoms with E-state index in [2.05, 4.69) is 30.5 Å². The Bertz CT molecular complexity index is 1040. The second kappa shape index (κ2) is 11.8. The van der Waals surface area contributed by atoms with Gasteiger partial charge in [-0.1, -0.05) is 43.5 Å². The van der Waals surface area contributed by atoms with Gasteiger partial charge in [0.1, 0.15) is 6.54 Å². The number of fused-ring (bicyclic) bond motifs is 1. The highest BCUT2D eigenvalue weighted by Crippen LogP contribution is 2.39. The third kappa shape index (κ3) is 5.95. The van der Waals surface area contributed by atoms with Gasteiger partial charge in [0.15, 0.2) is 0 Å². The molecular weight excluding hydrogens is 460 g/mol. The van der Waals surface area contributed by atoms with E-state index in [0.717, 1.165) is 49.7 Å². The molecule has 0 radical (unpaired) electrons. The molecule has 4 rings (SSSR count). The quantitative estimate of drug-likeness (QED) is 0.481. The van der Waals surface area contributed by atoms with Crippen molar-refractivity contribution >= 4 is 29.1 Å². The molecule has 7 heteroatoms. The maximum Gasteiger partial charge on any atom is 0.306 e. The number of nitrogens with zero attached hydrogens (tertiary/aromatic N) is 2. The van der Waals surface area contributed by atoms with Crippen LogP contribution in [0.5, 0.6) is 0 Å². The van der Waals surface area contributed by atoms with Crippen LogP contribution in [0, 0.1) is 6.92 Å². The van der Waals surface area contributed by atoms with Crippen LogP contribution in [-0.2, 0) is 25.5 Å². The summed E-state index contributed by atoms with van der Waals surface area (Å²) in [5.74, 6) is -0.513. The first-order valence-electron chi connectivity index (χ1n) is 12.9. The van der Waals surface area contributed by atoms with Gasteiger partial charge in [-0.15, -0.1) is 11.3 Å². The normalized spacial score (nSPS) is 18.1. The van der Waals surface area contributed by atoms with E-state index in [9.17, 15) is 14.4 Å². The fraction of sp³-hybridized carbons (Fsp3) is 0.536. The number of hydrogen-bond acceptors (Lipinski definition) is 5. The standard InChI is InChI=1S/C28H36N2O4S/c1-3-34-27(33)14-13-25(31)30(21-10-5-4-6-11-21)19-26(32)29-17-15-24-23(16-18-35-24)28(29)22-12-8-7-9-20(22)2/h7-9,12,16,18,21,28H,3-6,10-11,13-15,17,19H2,1-2H3. The second-order valence-electron chi connectivity index (χ2n) is 9.51. The van der Waals surface area contributed by atoms with E-state index in [0.29, 0.717) is 13.2 Å². The second-order valence-corrected chi connectivity index (χ2v) is 10.5. The molecule has 2 aromatic rings. The zero-order valence-electron chi connectivity index (χ0n) is 20.8. The number of hydrogen-bond donors (Lipinski definition) is 0. The Morgan fingerprint density at radius 2 is 1.83 bits per heavy atom. The molecule has 2 heterocycles. The predicted molar refractivity (Wildman–Crippen MR) is 137 cm³/mol. The molecule has 1 aromatic heterocycles. The van der Waals surface area contributed by atoms with Crippen molar-refractivity contribution in [3.05, 3.63) is 57.3 Å². The van der Waals surface area contributed by atoms with Crippen LogP contribution in [0.15, 0.2) is 35.7 Å². The maximum absolute atomic E-state index is 13.9. The summed E-state index contributed by atoms with van der Waals surface area (Å²) in [7, 11) is 0. The SMILES string of the molecule is CCOC(=O)CCC(=O)N(CC(=O)N1CCc2sccc2C1c1ccccc1C)C1CCCCC1. The minimum atomic E-state index is -0.364. The van der Waals surface area contributed by atoms with Gasteiger partial charge in [-0.2, -0.15) is 0 Å². The van der Waals surface area contributed by atoms with Gasteiger partial charge in [-0.25, -0.2) is 0 Å². The Labute approximate surface area is 212 Å². The van der Waals surface area contributed by atoms with Crippen LogP contribution in [0.2, 0.25) is 0 Å². The van der Waals surface area contributed by atoms with Gasteiger partial charge in [0.05, 0.1) is 19.1 Å². The first kappa shape index (κ1) is 25.4. The molecule has 35 heavy (non-hydrogen) atoms. The average molecular weight is 497 g/mol. The predicted octanol–water partition coefficient (Wildman–Crippen LogP) is 5.04. The third-order valence-electron chi connectivity index (χ3n) is 7.26. The number of thiophene rings is 1. The Balaban J connectivity index is 1.56. The van der Waals surface area contributed by atoms with E-state index in [1.165, 1.54) is 10.4 Å². The first-order chi connectivity index (χ1) is 17.0. The molecule has 1 aliphatic heterocycles. The van der Waals surface area contributed by atoms with Gasteiger partial charge in [0, 0.05) is 23.9 Å². The summed E-state index contributed by atoms with van der Waals surface area (Å²) in [6, 6.07) is 10.3. The van der Waals surface area contributed by atoms with Crippen LogP contribution >= 0.6 is 11.3 Å². The molecule has 0 saturated heterocycles. The number of benzene rings is 1. The topological polar surface area (TPSA) is 66.9 Å². The highest BCUT2D eigenvalue weighted by atomic mass is 32.1. The molecule has 0 N–H and O–H groups in total. The van der Waals surface area contributed by atoms with Gasteiger partial charge in [-0.05, 0) is 61.2 Å². The molecule has 188 valence electrons. The molecule has 1 aromatic carbocycles. The number of rotatable bonds is 8. The molecule has 2 aliphatic rings. The smallest absolute Gasteiger partial charge is 0.306 e. The molecule has 0 spiro atoms. The number of amides is 2. The number of carbonyl (C=O) groups excluding carboxylic acids is 3. The van der Waals surface area contributed by atoms with Crippen molar-refractivity contribution in [2.45, 2.75) is 77.3 Å². The Kier molecular flexibility index (Phi) is 8.60. The highest BCUT2D eigenvalue weighted by Gasteiger charge is 2.36. The van der Waals surface area contributed by atoms with Crippen molar-refractivity contribution in [2.24, 2.45) is 0 Å². The molecule has 2 amide bonds. The van der Waals surface area contributed by atoms with Crippen LogP contribution < -0.4 is 0 Å². The van der Waals surface area contributed by atoms with Gasteiger partial charge >= 0.3 is 5.97 Å². The Morgan fingerprint density at radius 1 is 1.06 bits per heavy atom. The zero-order chi connectivity index (χ0) is 24.8. The monoisotopic (exact) mass is 496 g/mol. The van der Waals surface area contributed by atoms with E-state index in [4.69, 9.17) is 4.74 Å². The van der Waals surface area contributed by atoms with Gasteiger partial charge in [0.2, 0.25) is 11.8 Å². The molecule has 1 aliphatic carbocycles. The Morgan fingerprint density at radius 3 is 2.57 bits per heavy atom. The fourth-order valence-corrected chi connectivity index (χ4v) is 6.35. The van der Waals surface area contributed by atoms with Gasteiger partial charge < -0.3 is 14.5 Å². The summed E-state index contributed by atoms with van der Waals surface area (Å²) in [6.45, 7) is 4.85. The third-order valence-corrected chi connectivity index (χ3v) is 8.26. The lowest BCUT2D eigenvalue weighted by Crippen LogP contribution is -2.50. The molecule has 1 atom stereocenters. The summed E-state index contributed by atoms with van der Waals surface area (Å²) >= 11 is 1.75. The molecular formula is C28H36N2O4S. The van der Waals surface area contributed by atoms with E-state index in [1.807, 2.05) is 17.0 Å².